The van der Waals surface area contributed by atoms with Gasteiger partial charge in [-0.3, -0.25) is 9.99 Å². The number of fused-ring (bicyclic) bond motifs is 1. The van der Waals surface area contributed by atoms with Gasteiger partial charge in [0, 0.05) is 15.9 Å². The van der Waals surface area contributed by atoms with Crippen LogP contribution in [-0.2, 0) is 4.57 Å². The second kappa shape index (κ2) is 5.95. The van der Waals surface area contributed by atoms with E-state index in [1.807, 2.05) is 48.5 Å². The van der Waals surface area contributed by atoms with Gasteiger partial charge in [-0.1, -0.05) is 48.0 Å². The van der Waals surface area contributed by atoms with E-state index in [2.05, 4.69) is 15.4 Å². The van der Waals surface area contributed by atoms with E-state index in [-0.39, 0.29) is 0 Å². The lowest BCUT2D eigenvalue weighted by Crippen LogP contribution is -2.37. The number of halogens is 1. The van der Waals surface area contributed by atoms with Crippen LogP contribution in [0, 0.1) is 0 Å². The SMILES string of the molecule is O=P1(c2ccccc2)C(c2ccccc2Cl)NN=C2SP=NN21. The van der Waals surface area contributed by atoms with Gasteiger partial charge in [-0.05, 0) is 29.6 Å². The molecule has 2 atom stereocenters. The summed E-state index contributed by atoms with van der Waals surface area (Å²) >= 11 is 7.79. The van der Waals surface area contributed by atoms with Crippen molar-refractivity contribution in [2.24, 2.45) is 9.96 Å². The average Bonchev–Trinajstić information content (AvgIpc) is 3.07. The summed E-state index contributed by atoms with van der Waals surface area (Å²) in [5.74, 6) is -0.542. The molecular formula is C14H11ClN4OP2S. The van der Waals surface area contributed by atoms with E-state index in [1.165, 1.54) is 11.4 Å². The Morgan fingerprint density at radius 3 is 2.70 bits per heavy atom. The Balaban J connectivity index is 1.93. The third kappa shape index (κ3) is 2.41. The molecule has 0 aromatic heterocycles. The summed E-state index contributed by atoms with van der Waals surface area (Å²) < 4.78 is 15.7. The molecule has 116 valence electrons. The Kier molecular flexibility index (Phi) is 3.94. The molecule has 0 amide bonds. The first-order valence-electron chi connectivity index (χ1n) is 6.83. The van der Waals surface area contributed by atoms with Crippen LogP contribution in [0.3, 0.4) is 0 Å². The lowest BCUT2D eigenvalue weighted by atomic mass is 10.2. The van der Waals surface area contributed by atoms with Gasteiger partial charge >= 0.3 is 0 Å². The van der Waals surface area contributed by atoms with Crippen molar-refractivity contribution >= 4 is 48.3 Å². The van der Waals surface area contributed by atoms with Crippen LogP contribution in [0.15, 0.2) is 64.6 Å². The van der Waals surface area contributed by atoms with E-state index in [0.717, 1.165) is 18.4 Å². The molecule has 2 unspecified atom stereocenters. The zero-order valence-electron chi connectivity index (χ0n) is 11.7. The van der Waals surface area contributed by atoms with Gasteiger partial charge in [0.25, 0.3) is 0 Å². The van der Waals surface area contributed by atoms with E-state index in [9.17, 15) is 4.57 Å². The van der Waals surface area contributed by atoms with Gasteiger partial charge in [0.2, 0.25) is 12.5 Å². The molecule has 23 heavy (non-hydrogen) atoms. The first kappa shape index (κ1) is 15.2. The summed E-state index contributed by atoms with van der Waals surface area (Å²) in [6, 6.07) is 16.8. The number of amidine groups is 1. The summed E-state index contributed by atoms with van der Waals surface area (Å²) in [6.07, 6.45) is 0. The zero-order valence-corrected chi connectivity index (χ0v) is 15.1. The standard InChI is InChI=1S/C14H11ClN4OP2S/c15-12-9-5-4-8-11(12)13-16-17-14-19(18-21-23-14)22(13,20)10-6-2-1-3-7-10/h1-9,13,16H. The first-order chi connectivity index (χ1) is 11.2. The molecule has 0 saturated carbocycles. The topological polar surface area (TPSA) is 57.1 Å². The van der Waals surface area contributed by atoms with E-state index in [0.29, 0.717) is 10.2 Å². The van der Waals surface area contributed by atoms with Gasteiger partial charge in [0.05, 0.1) is 0 Å². The maximum absolute atomic E-state index is 14.1. The lowest BCUT2D eigenvalue weighted by Gasteiger charge is -2.36. The molecule has 2 aliphatic heterocycles. The van der Waals surface area contributed by atoms with Crippen LogP contribution in [0.5, 0.6) is 0 Å². The molecule has 1 N–H and O–H groups in total. The molecule has 5 nitrogen and oxygen atoms in total. The fourth-order valence-electron chi connectivity index (χ4n) is 2.57. The summed E-state index contributed by atoms with van der Waals surface area (Å²) in [5, 5.41) is 6.25. The van der Waals surface area contributed by atoms with E-state index in [1.54, 1.807) is 10.8 Å². The van der Waals surface area contributed by atoms with Crippen molar-refractivity contribution in [3.8, 4) is 0 Å². The molecule has 0 fully saturated rings. The number of rotatable bonds is 2. The summed E-state index contributed by atoms with van der Waals surface area (Å²) in [5.41, 5.74) is 3.81. The van der Waals surface area contributed by atoms with Crippen LogP contribution in [0.4, 0.5) is 0 Å². The predicted molar refractivity (Wildman–Crippen MR) is 97.2 cm³/mol. The van der Waals surface area contributed by atoms with Gasteiger partial charge in [-0.2, -0.15) is 9.88 Å². The van der Waals surface area contributed by atoms with E-state index in [4.69, 9.17) is 11.6 Å². The highest BCUT2D eigenvalue weighted by Crippen LogP contribution is 2.65. The normalized spacial score (nSPS) is 26.4. The van der Waals surface area contributed by atoms with Gasteiger partial charge < -0.3 is 0 Å². The molecular weight excluding hydrogens is 370 g/mol. The number of nitrogens with one attached hydrogen (secondary N) is 1. The van der Waals surface area contributed by atoms with Crippen LogP contribution in [0.1, 0.15) is 11.3 Å². The minimum Gasteiger partial charge on any atom is -0.291 e. The molecule has 4 rings (SSSR count). The van der Waals surface area contributed by atoms with Crippen molar-refractivity contribution in [3.05, 3.63) is 65.2 Å². The molecule has 2 aromatic carbocycles. The highest BCUT2D eigenvalue weighted by atomic mass is 35.5. The second-order valence-corrected chi connectivity index (χ2v) is 9.95. The van der Waals surface area contributed by atoms with Crippen molar-refractivity contribution in [2.75, 3.05) is 0 Å². The minimum absolute atomic E-state index is 0.542. The Labute approximate surface area is 144 Å². The fourth-order valence-corrected chi connectivity index (χ4v) is 8.22. The number of benzene rings is 2. The molecule has 0 saturated heterocycles. The van der Waals surface area contributed by atoms with Gasteiger partial charge in [-0.15, -0.1) is 4.85 Å². The summed E-state index contributed by atoms with van der Waals surface area (Å²) in [4.78, 5) is 4.38. The third-order valence-electron chi connectivity index (χ3n) is 3.65. The highest BCUT2D eigenvalue weighted by molar-refractivity contribution is 8.55. The molecule has 2 aromatic rings. The van der Waals surface area contributed by atoms with Gasteiger partial charge in [0.15, 0.2) is 0 Å². The maximum Gasteiger partial charge on any atom is 0.249 e. The Hall–Kier alpha value is -1.32. The van der Waals surface area contributed by atoms with Crippen molar-refractivity contribution < 1.29 is 4.57 Å². The smallest absolute Gasteiger partial charge is 0.249 e. The maximum atomic E-state index is 14.1. The van der Waals surface area contributed by atoms with Crippen molar-refractivity contribution in [1.29, 1.82) is 0 Å². The largest absolute Gasteiger partial charge is 0.291 e. The van der Waals surface area contributed by atoms with Gasteiger partial charge in [-0.25, -0.2) is 0 Å². The molecule has 0 bridgehead atoms. The van der Waals surface area contributed by atoms with Crippen molar-refractivity contribution in [3.63, 3.8) is 0 Å². The number of hydrogen-bond acceptors (Lipinski definition) is 5. The molecule has 2 heterocycles. The third-order valence-corrected chi connectivity index (χ3v) is 8.96. The lowest BCUT2D eigenvalue weighted by molar-refractivity contribution is 0.498. The fraction of sp³-hybridized carbons (Fsp3) is 0.0714. The van der Waals surface area contributed by atoms with Gasteiger partial charge in [0.1, 0.15) is 13.4 Å². The zero-order chi connectivity index (χ0) is 15.9. The van der Waals surface area contributed by atoms with Crippen molar-refractivity contribution in [2.45, 2.75) is 5.78 Å². The summed E-state index contributed by atoms with van der Waals surface area (Å²) in [6.45, 7) is 0. The Bertz CT molecular complexity index is 861. The quantitative estimate of drug-likeness (QED) is 0.758. The molecule has 0 radical (unpaired) electrons. The first-order valence-corrected chi connectivity index (χ1v) is 11.2. The van der Waals surface area contributed by atoms with Crippen LogP contribution < -0.4 is 10.7 Å². The monoisotopic (exact) mass is 380 g/mol. The van der Waals surface area contributed by atoms with Crippen LogP contribution in [0.2, 0.25) is 5.02 Å². The minimum atomic E-state index is -3.12. The van der Waals surface area contributed by atoms with Crippen molar-refractivity contribution in [1.82, 2.24) is 10.2 Å². The number of hydrazone groups is 1. The molecule has 0 spiro atoms. The van der Waals surface area contributed by atoms with E-state index < -0.39 is 13.1 Å². The van der Waals surface area contributed by atoms with Crippen LogP contribution in [-0.4, -0.2) is 9.95 Å². The number of nitrogens with zero attached hydrogens (tertiary/aromatic N) is 3. The van der Waals surface area contributed by atoms with E-state index >= 15 is 0 Å². The molecule has 2 aliphatic rings. The van der Waals surface area contributed by atoms with Crippen LogP contribution in [0.25, 0.3) is 0 Å². The average molecular weight is 381 g/mol. The Morgan fingerprint density at radius 2 is 1.91 bits per heavy atom. The highest BCUT2D eigenvalue weighted by Gasteiger charge is 2.49. The predicted octanol–water partition coefficient (Wildman–Crippen LogP) is 4.83. The Morgan fingerprint density at radius 1 is 1.17 bits per heavy atom. The molecule has 9 heteroatoms. The van der Waals surface area contributed by atoms with Crippen LogP contribution >= 0.6 is 37.8 Å². The summed E-state index contributed by atoms with van der Waals surface area (Å²) in [7, 11) is -2.35. The number of hydrogen-bond donors (Lipinski definition) is 1. The molecule has 0 aliphatic carbocycles. The second-order valence-electron chi connectivity index (χ2n) is 4.96.